The van der Waals surface area contributed by atoms with Gasteiger partial charge in [-0.1, -0.05) is 54.6 Å². The molecule has 41 heavy (non-hydrogen) atoms. The number of hydrogen-bond acceptors (Lipinski definition) is 8. The van der Waals surface area contributed by atoms with Crippen molar-refractivity contribution in [1.29, 1.82) is 0 Å². The van der Waals surface area contributed by atoms with Gasteiger partial charge in [0.2, 0.25) is 5.41 Å². The molecule has 11 heteroatoms. The second-order valence-electron chi connectivity index (χ2n) is 8.63. The third-order valence-electron chi connectivity index (χ3n) is 5.90. The lowest BCUT2D eigenvalue weighted by Crippen LogP contribution is -2.50. The van der Waals surface area contributed by atoms with E-state index in [1.165, 1.54) is 42.5 Å². The first-order chi connectivity index (χ1) is 19.5. The van der Waals surface area contributed by atoms with E-state index in [0.29, 0.717) is 5.56 Å². The third kappa shape index (κ3) is 7.50. The molecule has 3 rings (SSSR count). The van der Waals surface area contributed by atoms with Crippen molar-refractivity contribution in [2.45, 2.75) is 31.9 Å². The minimum Gasteiger partial charge on any atom is -0.465 e. The summed E-state index contributed by atoms with van der Waals surface area (Å²) < 4.78 is 60.4. The molecule has 0 radical (unpaired) electrons. The summed E-state index contributed by atoms with van der Waals surface area (Å²) in [5.41, 5.74) is -3.18. The van der Waals surface area contributed by atoms with Crippen LogP contribution in [0.5, 0.6) is 5.75 Å². The summed E-state index contributed by atoms with van der Waals surface area (Å²) in [5.74, 6) is -3.90. The molecule has 0 aromatic heterocycles. The van der Waals surface area contributed by atoms with Crippen LogP contribution in [0.4, 0.5) is 13.2 Å². The van der Waals surface area contributed by atoms with E-state index in [4.69, 9.17) is 18.9 Å². The SMILES string of the molecule is CCOC(=O)C(COC(=O)Cc1ccc(OC(=O)c2ccccc2C(F)(F)F)cc1)(C(=O)OCC)c1ccccc1. The van der Waals surface area contributed by atoms with E-state index in [-0.39, 0.29) is 30.9 Å². The van der Waals surface area contributed by atoms with Gasteiger partial charge in [-0.3, -0.25) is 14.4 Å². The summed E-state index contributed by atoms with van der Waals surface area (Å²) in [5, 5.41) is 0. The molecule has 0 atom stereocenters. The van der Waals surface area contributed by atoms with E-state index in [2.05, 4.69) is 0 Å². The molecule has 0 bridgehead atoms. The molecule has 3 aromatic carbocycles. The van der Waals surface area contributed by atoms with Gasteiger partial charge in [-0.15, -0.1) is 0 Å². The Hall–Kier alpha value is -4.67. The zero-order valence-electron chi connectivity index (χ0n) is 22.2. The third-order valence-corrected chi connectivity index (χ3v) is 5.90. The number of alkyl halides is 3. The number of esters is 4. The van der Waals surface area contributed by atoms with E-state index in [1.807, 2.05) is 0 Å². The van der Waals surface area contributed by atoms with Crippen molar-refractivity contribution >= 4 is 23.9 Å². The average molecular weight is 573 g/mol. The monoisotopic (exact) mass is 572 g/mol. The Morgan fingerprint density at radius 3 is 1.83 bits per heavy atom. The summed E-state index contributed by atoms with van der Waals surface area (Å²) in [6, 6.07) is 17.6. The fourth-order valence-corrected chi connectivity index (χ4v) is 3.90. The van der Waals surface area contributed by atoms with Gasteiger partial charge in [0.15, 0.2) is 0 Å². The minimum atomic E-state index is -4.74. The van der Waals surface area contributed by atoms with Crippen LogP contribution in [0, 0.1) is 0 Å². The van der Waals surface area contributed by atoms with Crippen LogP contribution in [0.15, 0.2) is 78.9 Å². The Balaban J connectivity index is 1.72. The zero-order valence-corrected chi connectivity index (χ0v) is 22.2. The first-order valence-corrected chi connectivity index (χ1v) is 12.6. The first kappa shape index (κ1) is 30.9. The normalized spacial score (nSPS) is 11.3. The van der Waals surface area contributed by atoms with Gasteiger partial charge in [-0.2, -0.15) is 13.2 Å². The highest BCUT2D eigenvalue weighted by molar-refractivity contribution is 6.07. The smallest absolute Gasteiger partial charge is 0.417 e. The van der Waals surface area contributed by atoms with Gasteiger partial charge in [0.1, 0.15) is 12.4 Å². The molecule has 8 nitrogen and oxygen atoms in total. The number of ether oxygens (including phenoxy) is 4. The zero-order chi connectivity index (χ0) is 30.0. The van der Waals surface area contributed by atoms with Crippen LogP contribution in [0.25, 0.3) is 0 Å². The molecule has 0 saturated heterocycles. The van der Waals surface area contributed by atoms with Gasteiger partial charge in [0.25, 0.3) is 0 Å². The lowest BCUT2D eigenvalue weighted by molar-refractivity contribution is -0.170. The summed E-state index contributed by atoms with van der Waals surface area (Å²) in [6.45, 7) is 2.41. The van der Waals surface area contributed by atoms with E-state index in [1.54, 1.807) is 32.0 Å². The second-order valence-corrected chi connectivity index (χ2v) is 8.63. The molecule has 0 spiro atoms. The molecule has 216 valence electrons. The molecule has 0 heterocycles. The number of hydrogen-bond donors (Lipinski definition) is 0. The largest absolute Gasteiger partial charge is 0.465 e. The van der Waals surface area contributed by atoms with Gasteiger partial charge in [0.05, 0.1) is 30.8 Å². The summed E-state index contributed by atoms with van der Waals surface area (Å²) >= 11 is 0. The summed E-state index contributed by atoms with van der Waals surface area (Å²) in [7, 11) is 0. The van der Waals surface area contributed by atoms with Crippen molar-refractivity contribution in [3.63, 3.8) is 0 Å². The fourth-order valence-electron chi connectivity index (χ4n) is 3.90. The first-order valence-electron chi connectivity index (χ1n) is 12.6. The minimum absolute atomic E-state index is 0.0283. The van der Waals surface area contributed by atoms with E-state index >= 15 is 0 Å². The summed E-state index contributed by atoms with van der Waals surface area (Å²) in [4.78, 5) is 51.2. The molecule has 0 fully saturated rings. The lowest BCUT2D eigenvalue weighted by Gasteiger charge is -2.29. The van der Waals surface area contributed by atoms with E-state index < -0.39 is 53.2 Å². The van der Waals surface area contributed by atoms with Crippen LogP contribution in [0.1, 0.15) is 40.9 Å². The molecule has 0 aliphatic carbocycles. The maximum atomic E-state index is 13.2. The standard InChI is InChI=1S/C30H27F3O8/c1-3-38-27(36)29(28(37)39-4-2,21-10-6-5-7-11-21)19-40-25(34)18-20-14-16-22(17-15-20)41-26(35)23-12-8-9-13-24(23)30(31,32)33/h5-17H,3-4,18-19H2,1-2H3. The predicted octanol–water partition coefficient (Wildman–Crippen LogP) is 5.07. The molecular formula is C30H27F3O8. The Kier molecular flexibility index (Phi) is 10.2. The van der Waals surface area contributed by atoms with Crippen LogP contribution in [0.3, 0.4) is 0 Å². The van der Waals surface area contributed by atoms with Crippen molar-refractivity contribution in [2.75, 3.05) is 19.8 Å². The molecule has 0 saturated carbocycles. The topological polar surface area (TPSA) is 105 Å². The van der Waals surface area contributed by atoms with Crippen LogP contribution >= 0.6 is 0 Å². The fraction of sp³-hybridized carbons (Fsp3) is 0.267. The predicted molar refractivity (Wildman–Crippen MR) is 139 cm³/mol. The Bertz CT molecular complexity index is 1350. The molecule has 0 aliphatic heterocycles. The van der Waals surface area contributed by atoms with E-state index in [0.717, 1.165) is 18.2 Å². The maximum absolute atomic E-state index is 13.2. The van der Waals surface area contributed by atoms with Crippen molar-refractivity contribution in [2.24, 2.45) is 0 Å². The number of rotatable bonds is 11. The number of halogens is 3. The molecule has 0 amide bonds. The van der Waals surface area contributed by atoms with Crippen LogP contribution in [-0.2, 0) is 46.6 Å². The van der Waals surface area contributed by atoms with Gasteiger partial charge in [0, 0.05) is 0 Å². The number of benzene rings is 3. The van der Waals surface area contributed by atoms with Crippen molar-refractivity contribution < 1.29 is 51.3 Å². The average Bonchev–Trinajstić information content (AvgIpc) is 2.95. The van der Waals surface area contributed by atoms with Crippen LogP contribution in [-0.4, -0.2) is 43.7 Å². The lowest BCUT2D eigenvalue weighted by atomic mass is 9.81. The van der Waals surface area contributed by atoms with Crippen molar-refractivity contribution in [1.82, 2.24) is 0 Å². The maximum Gasteiger partial charge on any atom is 0.417 e. The van der Waals surface area contributed by atoms with Crippen LogP contribution in [0.2, 0.25) is 0 Å². The van der Waals surface area contributed by atoms with Gasteiger partial charge in [-0.05, 0) is 49.2 Å². The van der Waals surface area contributed by atoms with Gasteiger partial charge in [-0.25, -0.2) is 4.79 Å². The highest BCUT2D eigenvalue weighted by Crippen LogP contribution is 2.32. The Labute approximate surface area is 234 Å². The quantitative estimate of drug-likeness (QED) is 0.136. The molecule has 0 N–H and O–H groups in total. The summed E-state index contributed by atoms with van der Waals surface area (Å²) in [6.07, 6.45) is -5.03. The Morgan fingerprint density at radius 2 is 1.27 bits per heavy atom. The van der Waals surface area contributed by atoms with Crippen molar-refractivity contribution in [3.8, 4) is 5.75 Å². The number of carbonyl (C=O) groups is 4. The van der Waals surface area contributed by atoms with Crippen molar-refractivity contribution in [3.05, 3.63) is 101 Å². The molecule has 0 aliphatic rings. The second kappa shape index (κ2) is 13.6. The van der Waals surface area contributed by atoms with Gasteiger partial charge < -0.3 is 18.9 Å². The number of carbonyl (C=O) groups excluding carboxylic acids is 4. The highest BCUT2D eigenvalue weighted by atomic mass is 19.4. The van der Waals surface area contributed by atoms with Gasteiger partial charge >= 0.3 is 30.1 Å². The van der Waals surface area contributed by atoms with E-state index in [9.17, 15) is 32.3 Å². The molecule has 3 aromatic rings. The van der Waals surface area contributed by atoms with Crippen LogP contribution < -0.4 is 4.74 Å². The highest BCUT2D eigenvalue weighted by Gasteiger charge is 2.52. The Morgan fingerprint density at radius 1 is 0.707 bits per heavy atom. The molecular weight excluding hydrogens is 545 g/mol. The molecule has 0 unspecified atom stereocenters.